The lowest BCUT2D eigenvalue weighted by atomic mass is 9.64. The Bertz CT molecular complexity index is 465. The number of rotatable bonds is 4. The second kappa shape index (κ2) is 4.82. The summed E-state index contributed by atoms with van der Waals surface area (Å²) in [6.45, 7) is 4.23. The van der Waals surface area contributed by atoms with Crippen LogP contribution in [0.25, 0.3) is 0 Å². The third-order valence-electron chi connectivity index (χ3n) is 3.73. The zero-order chi connectivity index (χ0) is 13.3. The van der Waals surface area contributed by atoms with Gasteiger partial charge in [0.2, 0.25) is 0 Å². The fourth-order valence-corrected chi connectivity index (χ4v) is 2.47. The summed E-state index contributed by atoms with van der Waals surface area (Å²) in [4.78, 5) is 18.8. The normalized spacial score (nSPS) is 25.3. The van der Waals surface area contributed by atoms with E-state index in [1.54, 1.807) is 7.11 Å². The number of carbonyl (C=O) groups excluding carboxylic acids is 1. The molecular weight excluding hydrogens is 254 g/mol. The van der Waals surface area contributed by atoms with E-state index < -0.39 is 0 Å². The summed E-state index contributed by atoms with van der Waals surface area (Å²) in [7, 11) is 1.71. The Kier molecular flexibility index (Phi) is 3.54. The van der Waals surface area contributed by atoms with Crippen molar-refractivity contribution < 1.29 is 9.53 Å². The van der Waals surface area contributed by atoms with Crippen molar-refractivity contribution in [3.05, 3.63) is 17.0 Å². The molecule has 1 saturated carbocycles. The molecule has 1 aromatic rings. The molecule has 18 heavy (non-hydrogen) atoms. The topological polar surface area (TPSA) is 64.1 Å². The maximum absolute atomic E-state index is 11.0. The van der Waals surface area contributed by atoms with E-state index in [2.05, 4.69) is 29.1 Å². The molecule has 6 heteroatoms. The summed E-state index contributed by atoms with van der Waals surface area (Å²) >= 11 is 5.85. The molecule has 0 aliphatic heterocycles. The predicted molar refractivity (Wildman–Crippen MR) is 69.0 cm³/mol. The summed E-state index contributed by atoms with van der Waals surface area (Å²) in [6.07, 6.45) is 3.11. The number of nitrogens with zero attached hydrogens (tertiary/aromatic N) is 2. The molecular formula is C12H16ClN3O2. The second-order valence-electron chi connectivity index (χ2n) is 5.02. The summed E-state index contributed by atoms with van der Waals surface area (Å²) < 4.78 is 5.38. The summed E-state index contributed by atoms with van der Waals surface area (Å²) in [5, 5.41) is 3.42. The minimum Gasteiger partial charge on any atom is -0.381 e. The van der Waals surface area contributed by atoms with Gasteiger partial charge in [-0.25, -0.2) is 9.97 Å². The van der Waals surface area contributed by atoms with E-state index >= 15 is 0 Å². The molecule has 1 aromatic heterocycles. The van der Waals surface area contributed by atoms with Crippen LogP contribution in [0.5, 0.6) is 0 Å². The van der Waals surface area contributed by atoms with Crippen molar-refractivity contribution in [1.82, 2.24) is 9.97 Å². The van der Waals surface area contributed by atoms with Crippen LogP contribution in [0.1, 0.15) is 30.6 Å². The average molecular weight is 270 g/mol. The van der Waals surface area contributed by atoms with Gasteiger partial charge in [-0.3, -0.25) is 4.79 Å². The molecule has 5 nitrogen and oxygen atoms in total. The summed E-state index contributed by atoms with van der Waals surface area (Å²) in [5.74, 6) is 0.484. The molecule has 0 saturated heterocycles. The van der Waals surface area contributed by atoms with Crippen LogP contribution >= 0.6 is 11.6 Å². The van der Waals surface area contributed by atoms with E-state index in [1.807, 2.05) is 0 Å². The lowest BCUT2D eigenvalue weighted by molar-refractivity contribution is -0.0795. The van der Waals surface area contributed by atoms with Gasteiger partial charge in [-0.1, -0.05) is 25.4 Å². The first-order valence-corrected chi connectivity index (χ1v) is 6.13. The lowest BCUT2D eigenvalue weighted by Gasteiger charge is -2.51. The Hall–Kier alpha value is -1.20. The molecule has 0 amide bonds. The first-order chi connectivity index (χ1) is 8.50. The molecule has 0 radical (unpaired) electrons. The highest BCUT2D eigenvalue weighted by Crippen LogP contribution is 2.44. The zero-order valence-corrected chi connectivity index (χ0v) is 11.4. The third-order valence-corrected chi connectivity index (χ3v) is 4.03. The van der Waals surface area contributed by atoms with E-state index in [4.69, 9.17) is 16.3 Å². The number of carbonyl (C=O) groups is 1. The van der Waals surface area contributed by atoms with Gasteiger partial charge in [0.15, 0.2) is 6.29 Å². The third kappa shape index (κ3) is 2.08. The molecule has 2 atom stereocenters. The van der Waals surface area contributed by atoms with Crippen molar-refractivity contribution in [2.75, 3.05) is 12.4 Å². The van der Waals surface area contributed by atoms with Gasteiger partial charge in [0.25, 0.3) is 0 Å². The molecule has 0 aromatic carbocycles. The zero-order valence-electron chi connectivity index (χ0n) is 10.6. The number of hydrogen-bond donors (Lipinski definition) is 1. The number of methoxy groups -OCH3 is 1. The SMILES string of the molecule is COC1CC(Nc2ncnc(Cl)c2C=O)C1(C)C. The van der Waals surface area contributed by atoms with Crippen LogP contribution in [0.3, 0.4) is 0 Å². The number of anilines is 1. The molecule has 98 valence electrons. The number of ether oxygens (including phenoxy) is 1. The largest absolute Gasteiger partial charge is 0.381 e. The van der Waals surface area contributed by atoms with E-state index in [-0.39, 0.29) is 22.7 Å². The van der Waals surface area contributed by atoms with Gasteiger partial charge >= 0.3 is 0 Å². The van der Waals surface area contributed by atoms with Crippen LogP contribution in [0, 0.1) is 5.41 Å². The van der Waals surface area contributed by atoms with E-state index in [0.29, 0.717) is 17.7 Å². The standard InChI is InChI=1S/C12H16ClN3O2/c1-12(2)8(4-9(12)18-3)16-11-7(5-17)10(13)14-6-15-11/h5-6,8-9H,4H2,1-3H3,(H,14,15,16). The van der Waals surface area contributed by atoms with Gasteiger partial charge in [-0.15, -0.1) is 0 Å². The van der Waals surface area contributed by atoms with Crippen LogP contribution in [-0.2, 0) is 4.74 Å². The van der Waals surface area contributed by atoms with Crippen molar-refractivity contribution >= 4 is 23.7 Å². The molecule has 0 spiro atoms. The van der Waals surface area contributed by atoms with Gasteiger partial charge in [-0.2, -0.15) is 0 Å². The monoisotopic (exact) mass is 269 g/mol. The van der Waals surface area contributed by atoms with Gasteiger partial charge < -0.3 is 10.1 Å². The first-order valence-electron chi connectivity index (χ1n) is 5.75. The summed E-state index contributed by atoms with van der Waals surface area (Å²) in [5.41, 5.74) is 0.294. The van der Waals surface area contributed by atoms with Gasteiger partial charge in [-0.05, 0) is 6.42 Å². The Labute approximate surface area is 111 Å². The average Bonchev–Trinajstić information content (AvgIpc) is 2.34. The van der Waals surface area contributed by atoms with Crippen molar-refractivity contribution in [1.29, 1.82) is 0 Å². The fourth-order valence-electron chi connectivity index (χ4n) is 2.29. The van der Waals surface area contributed by atoms with Gasteiger partial charge in [0, 0.05) is 18.6 Å². The molecule has 1 aliphatic carbocycles. The molecule has 1 N–H and O–H groups in total. The van der Waals surface area contributed by atoms with Crippen LogP contribution in [0.4, 0.5) is 5.82 Å². The first kappa shape index (κ1) is 13.2. The fraction of sp³-hybridized carbons (Fsp3) is 0.583. The predicted octanol–water partition coefficient (Wildman–Crippen LogP) is 2.17. The quantitative estimate of drug-likeness (QED) is 0.670. The number of aromatic nitrogens is 2. The van der Waals surface area contributed by atoms with Crippen molar-refractivity contribution in [2.45, 2.75) is 32.4 Å². The molecule has 0 bridgehead atoms. The van der Waals surface area contributed by atoms with E-state index in [0.717, 1.165) is 6.42 Å². The number of hydrogen-bond acceptors (Lipinski definition) is 5. The molecule has 2 unspecified atom stereocenters. The number of aldehydes is 1. The maximum Gasteiger partial charge on any atom is 0.156 e. The second-order valence-corrected chi connectivity index (χ2v) is 5.38. The van der Waals surface area contributed by atoms with Crippen molar-refractivity contribution in [3.63, 3.8) is 0 Å². The smallest absolute Gasteiger partial charge is 0.156 e. The van der Waals surface area contributed by atoms with Crippen LogP contribution in [0.15, 0.2) is 6.33 Å². The van der Waals surface area contributed by atoms with Crippen molar-refractivity contribution in [2.24, 2.45) is 5.41 Å². The Morgan fingerprint density at radius 2 is 2.28 bits per heavy atom. The number of nitrogens with one attached hydrogen (secondary N) is 1. The van der Waals surface area contributed by atoms with Crippen molar-refractivity contribution in [3.8, 4) is 0 Å². The minimum absolute atomic E-state index is 0.00761. The molecule has 1 heterocycles. The highest BCUT2D eigenvalue weighted by molar-refractivity contribution is 6.32. The van der Waals surface area contributed by atoms with E-state index in [1.165, 1.54) is 6.33 Å². The van der Waals surface area contributed by atoms with Gasteiger partial charge in [0.05, 0.1) is 11.7 Å². The Balaban J connectivity index is 2.17. The van der Waals surface area contributed by atoms with Crippen LogP contribution in [0.2, 0.25) is 5.15 Å². The van der Waals surface area contributed by atoms with Crippen LogP contribution < -0.4 is 5.32 Å². The Morgan fingerprint density at radius 1 is 1.56 bits per heavy atom. The lowest BCUT2D eigenvalue weighted by Crippen LogP contribution is -2.57. The summed E-state index contributed by atoms with van der Waals surface area (Å²) in [6, 6.07) is 0.201. The van der Waals surface area contributed by atoms with Crippen LogP contribution in [-0.4, -0.2) is 35.5 Å². The molecule has 1 aliphatic rings. The molecule has 2 rings (SSSR count). The highest BCUT2D eigenvalue weighted by atomic mass is 35.5. The maximum atomic E-state index is 11.0. The molecule has 1 fully saturated rings. The Morgan fingerprint density at radius 3 is 2.83 bits per heavy atom. The van der Waals surface area contributed by atoms with Gasteiger partial charge in [0.1, 0.15) is 17.3 Å². The number of halogens is 1. The minimum atomic E-state index is -0.00761. The highest BCUT2D eigenvalue weighted by Gasteiger charge is 2.48. The van der Waals surface area contributed by atoms with E-state index in [9.17, 15) is 4.79 Å².